The third-order valence-corrected chi connectivity index (χ3v) is 7.15. The molecule has 0 spiro atoms. The molecule has 4 aromatic carbocycles. The van der Waals surface area contributed by atoms with E-state index >= 15 is 8.78 Å². The zero-order chi connectivity index (χ0) is 30.4. The van der Waals surface area contributed by atoms with Gasteiger partial charge in [0.15, 0.2) is 11.7 Å². The summed E-state index contributed by atoms with van der Waals surface area (Å²) in [6, 6.07) is 12.9. The molecule has 0 radical (unpaired) electrons. The molecule has 0 N–H and O–H groups in total. The van der Waals surface area contributed by atoms with Gasteiger partial charge in [-0.25, -0.2) is 30.7 Å². The van der Waals surface area contributed by atoms with Gasteiger partial charge in [0, 0.05) is 27.8 Å². The Kier molecular flexibility index (Phi) is 10.0. The highest BCUT2D eigenvalue weighted by Gasteiger charge is 2.17. The Hall–Kier alpha value is -4.13. The molecule has 4 aromatic rings. The van der Waals surface area contributed by atoms with Crippen LogP contribution >= 0.6 is 0 Å². The van der Waals surface area contributed by atoms with Crippen LogP contribution in [0.1, 0.15) is 50.2 Å². The van der Waals surface area contributed by atoms with Gasteiger partial charge in [-0.2, -0.15) is 0 Å². The molecule has 42 heavy (non-hydrogen) atoms. The molecular weight excluding hydrogens is 553 g/mol. The van der Waals surface area contributed by atoms with Crippen molar-refractivity contribution in [2.75, 3.05) is 0 Å². The van der Waals surface area contributed by atoms with Crippen molar-refractivity contribution in [3.8, 4) is 33.4 Å². The van der Waals surface area contributed by atoms with E-state index in [-0.39, 0.29) is 50.9 Å². The maximum atomic E-state index is 15.1. The Morgan fingerprint density at radius 1 is 0.595 bits per heavy atom. The third kappa shape index (κ3) is 6.84. The fourth-order valence-corrected chi connectivity index (χ4v) is 4.85. The minimum absolute atomic E-state index is 0.0130. The second-order valence-corrected chi connectivity index (χ2v) is 10.0. The quantitative estimate of drug-likeness (QED) is 0.0938. The van der Waals surface area contributed by atoms with E-state index < -0.39 is 40.7 Å². The molecule has 0 fully saturated rings. The van der Waals surface area contributed by atoms with Gasteiger partial charge in [0.2, 0.25) is 0 Å². The van der Waals surface area contributed by atoms with Crippen LogP contribution in [0.2, 0.25) is 0 Å². The van der Waals surface area contributed by atoms with Gasteiger partial charge in [-0.15, -0.1) is 0 Å². The normalized spacial score (nSPS) is 11.9. The molecule has 0 heterocycles. The van der Waals surface area contributed by atoms with E-state index in [0.717, 1.165) is 62.1 Å². The van der Waals surface area contributed by atoms with E-state index in [0.29, 0.717) is 12.5 Å². The molecule has 0 amide bonds. The maximum absolute atomic E-state index is 15.1. The molecule has 0 aromatic heterocycles. The number of hydrogen-bond acceptors (Lipinski definition) is 0. The second kappa shape index (κ2) is 13.7. The Labute approximate surface area is 240 Å². The summed E-state index contributed by atoms with van der Waals surface area (Å²) in [6.07, 6.45) is 5.58. The summed E-state index contributed by atoms with van der Waals surface area (Å²) in [7, 11) is 0. The molecule has 0 aliphatic carbocycles. The topological polar surface area (TPSA) is 0 Å². The van der Waals surface area contributed by atoms with Gasteiger partial charge in [0.05, 0.1) is 0 Å². The van der Waals surface area contributed by atoms with Crippen molar-refractivity contribution < 1.29 is 30.7 Å². The fraction of sp³-hybridized carbons (Fsp3) is 0.200. The summed E-state index contributed by atoms with van der Waals surface area (Å²) in [4.78, 5) is 0. The molecule has 218 valence electrons. The molecule has 0 bridgehead atoms. The summed E-state index contributed by atoms with van der Waals surface area (Å²) in [6.45, 7) is 5.21. The van der Waals surface area contributed by atoms with Crippen molar-refractivity contribution in [2.24, 2.45) is 0 Å². The lowest BCUT2D eigenvalue weighted by molar-refractivity contribution is 0.541. The molecule has 4 rings (SSSR count). The Bertz CT molecular complexity index is 1610. The third-order valence-electron chi connectivity index (χ3n) is 7.15. The smallest absolute Gasteiger partial charge is 0.166 e. The first kappa shape index (κ1) is 30.8. The first-order valence-electron chi connectivity index (χ1n) is 13.7. The summed E-state index contributed by atoms with van der Waals surface area (Å²) in [5.41, 5.74) is -0.123. The highest BCUT2D eigenvalue weighted by atomic mass is 19.2. The van der Waals surface area contributed by atoms with Gasteiger partial charge in [-0.3, -0.25) is 0 Å². The lowest BCUT2D eigenvalue weighted by Gasteiger charge is -2.12. The van der Waals surface area contributed by atoms with Crippen molar-refractivity contribution >= 4 is 5.83 Å². The largest absolute Gasteiger partial charge is 0.207 e. The lowest BCUT2D eigenvalue weighted by Crippen LogP contribution is -1.98. The molecule has 0 aliphatic rings. The van der Waals surface area contributed by atoms with Crippen molar-refractivity contribution in [3.63, 3.8) is 0 Å². The van der Waals surface area contributed by atoms with E-state index in [1.807, 2.05) is 0 Å². The van der Waals surface area contributed by atoms with Crippen molar-refractivity contribution in [1.29, 1.82) is 0 Å². The van der Waals surface area contributed by atoms with Gasteiger partial charge in [-0.05, 0) is 65.9 Å². The van der Waals surface area contributed by atoms with Crippen LogP contribution in [0.15, 0.2) is 85.2 Å². The van der Waals surface area contributed by atoms with E-state index in [1.165, 1.54) is 30.3 Å². The van der Waals surface area contributed by atoms with Crippen molar-refractivity contribution in [2.45, 2.75) is 45.4 Å². The first-order chi connectivity index (χ1) is 20.1. The molecule has 0 saturated heterocycles. The van der Waals surface area contributed by atoms with E-state index in [9.17, 15) is 22.0 Å². The number of benzene rings is 4. The SMILES string of the molecule is C=C/C(F)=C(\F)c1ccc(-c2ccc(-c3ccc(-c4cc(F)c(CCCCCCC)c(F)c4)c(F)c3)c(F)c2)c(F)c1. The van der Waals surface area contributed by atoms with Crippen molar-refractivity contribution in [1.82, 2.24) is 0 Å². The summed E-state index contributed by atoms with van der Waals surface area (Å²) in [5.74, 6) is -6.48. The Balaban J connectivity index is 1.56. The standard InChI is InChI=1S/C35H29F7/c1-3-5-6-7-8-9-28-33(40)19-24(20-34(28)41)27-14-11-22(17-31(27)38)25-13-10-21(16-30(25)37)26-15-12-23(18-32(26)39)35(42)29(36)4-2/h4,10-20H,2-3,5-9H2,1H3/b35-29+. The van der Waals surface area contributed by atoms with Crippen LogP contribution in [0.5, 0.6) is 0 Å². The molecule has 0 unspecified atom stereocenters. The number of unbranched alkanes of at least 4 members (excludes halogenated alkanes) is 4. The van der Waals surface area contributed by atoms with Gasteiger partial charge in [0.1, 0.15) is 29.1 Å². The predicted molar refractivity (Wildman–Crippen MR) is 154 cm³/mol. The van der Waals surface area contributed by atoms with Crippen LogP contribution in [0.3, 0.4) is 0 Å². The van der Waals surface area contributed by atoms with Gasteiger partial charge in [-0.1, -0.05) is 75.6 Å². The Morgan fingerprint density at radius 3 is 1.57 bits per heavy atom. The van der Waals surface area contributed by atoms with Crippen molar-refractivity contribution in [3.05, 3.63) is 125 Å². The molecule has 0 atom stereocenters. The maximum Gasteiger partial charge on any atom is 0.166 e. The summed E-state index contributed by atoms with van der Waals surface area (Å²) in [5, 5.41) is 0. The lowest BCUT2D eigenvalue weighted by atomic mass is 9.95. The molecule has 0 saturated carbocycles. The monoisotopic (exact) mass is 582 g/mol. The van der Waals surface area contributed by atoms with Gasteiger partial charge in [0.25, 0.3) is 0 Å². The fourth-order valence-electron chi connectivity index (χ4n) is 4.85. The first-order valence-corrected chi connectivity index (χ1v) is 13.7. The summed E-state index contributed by atoms with van der Waals surface area (Å²) < 4.78 is 102. The minimum atomic E-state index is -1.28. The Morgan fingerprint density at radius 2 is 1.07 bits per heavy atom. The molecule has 7 heteroatoms. The highest BCUT2D eigenvalue weighted by Crippen LogP contribution is 2.34. The number of halogens is 7. The van der Waals surface area contributed by atoms with Crippen LogP contribution in [-0.4, -0.2) is 0 Å². The van der Waals surface area contributed by atoms with Crippen LogP contribution in [0.25, 0.3) is 39.2 Å². The van der Waals surface area contributed by atoms with Gasteiger partial charge < -0.3 is 0 Å². The zero-order valence-electron chi connectivity index (χ0n) is 23.0. The number of rotatable bonds is 11. The average molecular weight is 583 g/mol. The van der Waals surface area contributed by atoms with Crippen LogP contribution in [-0.2, 0) is 6.42 Å². The van der Waals surface area contributed by atoms with Crippen LogP contribution in [0.4, 0.5) is 30.7 Å². The highest BCUT2D eigenvalue weighted by molar-refractivity contribution is 5.75. The average Bonchev–Trinajstić information content (AvgIpc) is 2.97. The number of hydrogen-bond donors (Lipinski definition) is 0. The summed E-state index contributed by atoms with van der Waals surface area (Å²) >= 11 is 0. The minimum Gasteiger partial charge on any atom is -0.207 e. The van der Waals surface area contributed by atoms with Gasteiger partial charge >= 0.3 is 0 Å². The molecular formula is C35H29F7. The second-order valence-electron chi connectivity index (χ2n) is 10.0. The van der Waals surface area contributed by atoms with Crippen LogP contribution < -0.4 is 0 Å². The van der Waals surface area contributed by atoms with E-state index in [4.69, 9.17) is 0 Å². The molecule has 0 nitrogen and oxygen atoms in total. The predicted octanol–water partition coefficient (Wildman–Crippen LogP) is 11.7. The van der Waals surface area contributed by atoms with E-state index in [1.54, 1.807) is 0 Å². The zero-order valence-corrected chi connectivity index (χ0v) is 23.0. The molecule has 0 aliphatic heterocycles. The number of allylic oxidation sites excluding steroid dienone is 2. The van der Waals surface area contributed by atoms with Crippen LogP contribution in [0, 0.1) is 29.1 Å². The van der Waals surface area contributed by atoms with E-state index in [2.05, 4.69) is 13.5 Å².